The molecule has 1 atom stereocenters. The summed E-state index contributed by atoms with van der Waals surface area (Å²) in [6.07, 6.45) is 6.26. The van der Waals surface area contributed by atoms with E-state index in [1.54, 1.807) is 11.8 Å². The number of carbonyl (C=O) groups excluding carboxylic acids is 2. The van der Waals surface area contributed by atoms with Gasteiger partial charge in [-0.3, -0.25) is 9.59 Å². The largest absolute Gasteiger partial charge is 0.341 e. The van der Waals surface area contributed by atoms with Gasteiger partial charge in [-0.05, 0) is 48.7 Å². The van der Waals surface area contributed by atoms with Crippen molar-refractivity contribution < 1.29 is 9.59 Å². The molecule has 2 fully saturated rings. The van der Waals surface area contributed by atoms with Crippen LogP contribution in [0.4, 0.5) is 0 Å². The first-order valence-electron chi connectivity index (χ1n) is 9.88. The van der Waals surface area contributed by atoms with Crippen molar-refractivity contribution in [2.75, 3.05) is 31.6 Å². The molecule has 6 heteroatoms. The molecule has 2 saturated heterocycles. The van der Waals surface area contributed by atoms with Gasteiger partial charge in [0.2, 0.25) is 11.8 Å². The molecular weight excluding hydrogens is 358 g/mol. The lowest BCUT2D eigenvalue weighted by molar-refractivity contribution is -0.143. The van der Waals surface area contributed by atoms with Gasteiger partial charge >= 0.3 is 0 Å². The van der Waals surface area contributed by atoms with E-state index in [9.17, 15) is 9.59 Å². The van der Waals surface area contributed by atoms with Crippen LogP contribution in [-0.2, 0) is 16.1 Å². The fourth-order valence-electron chi connectivity index (χ4n) is 4.26. The smallest absolute Gasteiger partial charge is 0.239 e. The number of amides is 2. The number of carbonyl (C=O) groups is 2. The van der Waals surface area contributed by atoms with Crippen LogP contribution >= 0.6 is 11.8 Å². The fraction of sp³-hybridized carbons (Fsp3) is 0.619. The highest BCUT2D eigenvalue weighted by Crippen LogP contribution is 2.40. The van der Waals surface area contributed by atoms with Crippen LogP contribution < -0.4 is 5.73 Å². The zero-order valence-corrected chi connectivity index (χ0v) is 17.0. The third-order valence-electron chi connectivity index (χ3n) is 6.05. The molecule has 2 aliphatic rings. The molecule has 0 saturated carbocycles. The maximum Gasteiger partial charge on any atom is 0.239 e. The van der Waals surface area contributed by atoms with Crippen molar-refractivity contribution >= 4 is 23.6 Å². The molecule has 3 rings (SSSR count). The second-order valence-electron chi connectivity index (χ2n) is 7.95. The summed E-state index contributed by atoms with van der Waals surface area (Å²) in [5.41, 5.74) is 7.40. The minimum absolute atomic E-state index is 0.0897. The van der Waals surface area contributed by atoms with Gasteiger partial charge in [-0.1, -0.05) is 30.3 Å². The van der Waals surface area contributed by atoms with Crippen molar-refractivity contribution in [3.05, 3.63) is 35.9 Å². The Kier molecular flexibility index (Phi) is 6.82. The van der Waals surface area contributed by atoms with E-state index in [4.69, 9.17) is 5.73 Å². The SMILES string of the molecule is CSCC[C@H](N)C(=O)N1CCC2(CCC(=O)N(Cc3ccccc3)C2)CC1. The number of benzene rings is 1. The lowest BCUT2D eigenvalue weighted by Crippen LogP contribution is -2.54. The van der Waals surface area contributed by atoms with E-state index < -0.39 is 0 Å². The third kappa shape index (κ3) is 5.05. The molecule has 5 nitrogen and oxygen atoms in total. The summed E-state index contributed by atoms with van der Waals surface area (Å²) in [4.78, 5) is 28.9. The summed E-state index contributed by atoms with van der Waals surface area (Å²) in [7, 11) is 0. The Morgan fingerprint density at radius 2 is 1.93 bits per heavy atom. The van der Waals surface area contributed by atoms with Gasteiger partial charge in [0.25, 0.3) is 0 Å². The molecule has 0 aliphatic carbocycles. The minimum atomic E-state index is -0.381. The highest BCUT2D eigenvalue weighted by Gasteiger charge is 2.42. The second kappa shape index (κ2) is 9.11. The van der Waals surface area contributed by atoms with Crippen LogP contribution in [0, 0.1) is 5.41 Å². The van der Waals surface area contributed by atoms with Gasteiger partial charge in [0.1, 0.15) is 0 Å². The van der Waals surface area contributed by atoms with Gasteiger partial charge in [-0.2, -0.15) is 11.8 Å². The molecule has 2 N–H and O–H groups in total. The zero-order chi connectivity index (χ0) is 19.3. The first-order valence-corrected chi connectivity index (χ1v) is 11.3. The molecule has 0 aromatic heterocycles. The molecule has 27 heavy (non-hydrogen) atoms. The number of piperidine rings is 2. The van der Waals surface area contributed by atoms with E-state index in [2.05, 4.69) is 12.1 Å². The van der Waals surface area contributed by atoms with Crippen molar-refractivity contribution in [1.82, 2.24) is 9.80 Å². The monoisotopic (exact) mass is 389 g/mol. The topological polar surface area (TPSA) is 66.6 Å². The van der Waals surface area contributed by atoms with Crippen LogP contribution in [0.2, 0.25) is 0 Å². The average Bonchev–Trinajstić information content (AvgIpc) is 2.70. The maximum atomic E-state index is 12.6. The summed E-state index contributed by atoms with van der Waals surface area (Å²) < 4.78 is 0. The predicted octanol–water partition coefficient (Wildman–Crippen LogP) is 2.50. The van der Waals surface area contributed by atoms with Crippen LogP contribution in [0.25, 0.3) is 0 Å². The summed E-state index contributed by atoms with van der Waals surface area (Å²) in [6, 6.07) is 9.81. The Bertz CT molecular complexity index is 644. The minimum Gasteiger partial charge on any atom is -0.341 e. The number of hydrogen-bond donors (Lipinski definition) is 1. The Morgan fingerprint density at radius 3 is 2.59 bits per heavy atom. The van der Waals surface area contributed by atoms with Crippen molar-refractivity contribution in [2.24, 2.45) is 11.1 Å². The summed E-state index contributed by atoms with van der Waals surface area (Å²) in [5.74, 6) is 1.26. The Balaban J connectivity index is 1.56. The Morgan fingerprint density at radius 1 is 1.22 bits per heavy atom. The molecule has 0 unspecified atom stereocenters. The number of likely N-dealkylation sites (tertiary alicyclic amines) is 2. The fourth-order valence-corrected chi connectivity index (χ4v) is 4.75. The quantitative estimate of drug-likeness (QED) is 0.812. The molecule has 1 spiro atoms. The molecular formula is C21H31N3O2S. The van der Waals surface area contributed by atoms with Gasteiger partial charge in [0, 0.05) is 32.6 Å². The Hall–Kier alpha value is -1.53. The molecule has 1 aromatic rings. The zero-order valence-electron chi connectivity index (χ0n) is 16.2. The second-order valence-corrected chi connectivity index (χ2v) is 8.93. The van der Waals surface area contributed by atoms with Gasteiger partial charge in [-0.15, -0.1) is 0 Å². The molecule has 2 heterocycles. The molecule has 0 bridgehead atoms. The van der Waals surface area contributed by atoms with Gasteiger partial charge in [-0.25, -0.2) is 0 Å². The van der Waals surface area contributed by atoms with Crippen LogP contribution in [0.15, 0.2) is 30.3 Å². The highest BCUT2D eigenvalue weighted by molar-refractivity contribution is 7.98. The highest BCUT2D eigenvalue weighted by atomic mass is 32.2. The van der Waals surface area contributed by atoms with Crippen molar-refractivity contribution in [1.29, 1.82) is 0 Å². The normalized spacial score (nSPS) is 20.7. The van der Waals surface area contributed by atoms with E-state index in [0.29, 0.717) is 13.0 Å². The summed E-state index contributed by atoms with van der Waals surface area (Å²) in [5, 5.41) is 0. The molecule has 2 aliphatic heterocycles. The first kappa shape index (κ1) is 20.2. The van der Waals surface area contributed by atoms with Gasteiger partial charge in [0.05, 0.1) is 6.04 Å². The number of hydrogen-bond acceptors (Lipinski definition) is 4. The van der Waals surface area contributed by atoms with Crippen LogP contribution in [0.5, 0.6) is 0 Å². The third-order valence-corrected chi connectivity index (χ3v) is 6.69. The van der Waals surface area contributed by atoms with E-state index in [1.807, 2.05) is 34.3 Å². The van der Waals surface area contributed by atoms with E-state index in [-0.39, 0.29) is 23.3 Å². The number of nitrogens with two attached hydrogens (primary N) is 1. The van der Waals surface area contributed by atoms with Crippen LogP contribution in [0.1, 0.15) is 37.7 Å². The number of thioether (sulfide) groups is 1. The number of nitrogens with zero attached hydrogens (tertiary/aromatic N) is 2. The summed E-state index contributed by atoms with van der Waals surface area (Å²) >= 11 is 1.72. The molecule has 148 valence electrons. The van der Waals surface area contributed by atoms with Crippen LogP contribution in [0.3, 0.4) is 0 Å². The first-order chi connectivity index (χ1) is 13.0. The standard InChI is InChI=1S/C21H31N3O2S/c1-27-14-8-18(22)20(26)23-12-10-21(11-13-23)9-7-19(25)24(16-21)15-17-5-3-2-4-6-17/h2-6,18H,7-16,22H2,1H3/t18-/m0/s1. The molecule has 2 amide bonds. The number of rotatable bonds is 6. The average molecular weight is 390 g/mol. The maximum absolute atomic E-state index is 12.6. The van der Waals surface area contributed by atoms with E-state index in [0.717, 1.165) is 51.1 Å². The van der Waals surface area contributed by atoms with Crippen molar-refractivity contribution in [3.8, 4) is 0 Å². The van der Waals surface area contributed by atoms with Gasteiger partial charge < -0.3 is 15.5 Å². The van der Waals surface area contributed by atoms with Crippen molar-refractivity contribution in [2.45, 2.75) is 44.7 Å². The van der Waals surface area contributed by atoms with Gasteiger partial charge in [0.15, 0.2) is 0 Å². The lowest BCUT2D eigenvalue weighted by Gasteiger charge is -2.47. The van der Waals surface area contributed by atoms with Crippen molar-refractivity contribution in [3.63, 3.8) is 0 Å². The molecule has 1 aromatic carbocycles. The predicted molar refractivity (Wildman–Crippen MR) is 110 cm³/mol. The lowest BCUT2D eigenvalue weighted by atomic mass is 9.72. The Labute approximate surface area is 166 Å². The van der Waals surface area contributed by atoms with E-state index >= 15 is 0 Å². The van der Waals surface area contributed by atoms with E-state index in [1.165, 1.54) is 5.56 Å². The molecule has 0 radical (unpaired) electrons. The van der Waals surface area contributed by atoms with Crippen LogP contribution in [-0.4, -0.2) is 59.3 Å². The summed E-state index contributed by atoms with van der Waals surface area (Å²) in [6.45, 7) is 3.02.